The number of para-hydroxylation sites is 1. The molecule has 7 aromatic carbocycles. The lowest BCUT2D eigenvalue weighted by Gasteiger charge is -2.13. The van der Waals surface area contributed by atoms with Crippen molar-refractivity contribution < 1.29 is 0 Å². The van der Waals surface area contributed by atoms with Gasteiger partial charge in [-0.15, -0.1) is 0 Å². The minimum Gasteiger partial charge on any atom is -0.256 e. The van der Waals surface area contributed by atoms with Crippen molar-refractivity contribution in [2.24, 2.45) is 0 Å². The second-order valence-corrected chi connectivity index (χ2v) is 13.9. The molecule has 0 aliphatic rings. The summed E-state index contributed by atoms with van der Waals surface area (Å²) in [6.07, 6.45) is 3.70. The highest BCUT2D eigenvalue weighted by molar-refractivity contribution is 6.17. The van der Waals surface area contributed by atoms with Gasteiger partial charge in [0.1, 0.15) is 5.69 Å². The second-order valence-electron chi connectivity index (χ2n) is 13.9. The number of hydrogen-bond donors (Lipinski definition) is 0. The second kappa shape index (κ2) is 12.6. The van der Waals surface area contributed by atoms with Crippen molar-refractivity contribution in [2.45, 2.75) is 0 Å². The first-order valence-electron chi connectivity index (χ1n) is 18.5. The standard InChI is InChI=1S/C50H31N5/c1-3-11-34(12-4-1)46-45-43(31-37-13-7-8-17-40(37)50(45)55(54-46)38-15-5-2-6-16-38)33-21-19-32(20-22-33)39-26-27-41(42-18-10-30-52-49(39)42)44-28-25-36-24-23-35-14-9-29-51-47(35)48(36)53-44/h1-31H. The highest BCUT2D eigenvalue weighted by atomic mass is 15.3. The maximum Gasteiger partial charge on any atom is 0.101 e. The molecule has 0 spiro atoms. The fraction of sp³-hybridized carbons (Fsp3) is 0. The predicted octanol–water partition coefficient (Wildman–Crippen LogP) is 12.5. The molecule has 11 rings (SSSR count). The van der Waals surface area contributed by atoms with Gasteiger partial charge in [0.25, 0.3) is 0 Å². The Bertz CT molecular complexity index is 3240. The Kier molecular flexibility index (Phi) is 7.10. The molecule has 5 heteroatoms. The Morgan fingerprint density at radius 1 is 0.400 bits per heavy atom. The fourth-order valence-corrected chi connectivity index (χ4v) is 8.10. The molecule has 0 radical (unpaired) electrons. The summed E-state index contributed by atoms with van der Waals surface area (Å²) < 4.78 is 2.11. The lowest BCUT2D eigenvalue weighted by Crippen LogP contribution is -1.96. The molecule has 0 saturated heterocycles. The lowest BCUT2D eigenvalue weighted by molar-refractivity contribution is 0.918. The summed E-state index contributed by atoms with van der Waals surface area (Å²) >= 11 is 0. The Balaban J connectivity index is 1.07. The van der Waals surface area contributed by atoms with Gasteiger partial charge in [-0.2, -0.15) is 5.10 Å². The Labute approximate surface area is 316 Å². The van der Waals surface area contributed by atoms with Gasteiger partial charge in [-0.3, -0.25) is 9.97 Å². The van der Waals surface area contributed by atoms with Gasteiger partial charge < -0.3 is 0 Å². The van der Waals surface area contributed by atoms with Gasteiger partial charge in [0, 0.05) is 56.0 Å². The number of pyridine rings is 3. The van der Waals surface area contributed by atoms with Crippen LogP contribution in [0.4, 0.5) is 0 Å². The fourth-order valence-electron chi connectivity index (χ4n) is 8.10. The van der Waals surface area contributed by atoms with Crippen LogP contribution < -0.4 is 0 Å². The average molecular weight is 702 g/mol. The molecule has 0 aliphatic carbocycles. The van der Waals surface area contributed by atoms with Crippen molar-refractivity contribution in [1.82, 2.24) is 24.7 Å². The van der Waals surface area contributed by atoms with E-state index in [9.17, 15) is 0 Å². The summed E-state index contributed by atoms with van der Waals surface area (Å²) in [5.74, 6) is 0. The molecule has 0 unspecified atom stereocenters. The Hall–Kier alpha value is -7.50. The van der Waals surface area contributed by atoms with Crippen LogP contribution >= 0.6 is 0 Å². The molecule has 0 atom stereocenters. The Morgan fingerprint density at radius 3 is 1.84 bits per heavy atom. The zero-order valence-electron chi connectivity index (χ0n) is 29.6. The molecule has 0 saturated carbocycles. The number of fused-ring (bicyclic) bond motifs is 7. The van der Waals surface area contributed by atoms with E-state index < -0.39 is 0 Å². The van der Waals surface area contributed by atoms with Crippen LogP contribution in [0, 0.1) is 0 Å². The van der Waals surface area contributed by atoms with E-state index in [0.717, 1.165) is 94.1 Å². The zero-order chi connectivity index (χ0) is 36.3. The molecule has 0 amide bonds. The topological polar surface area (TPSA) is 56.5 Å². The Morgan fingerprint density at radius 2 is 1.02 bits per heavy atom. The van der Waals surface area contributed by atoms with Gasteiger partial charge in [0.05, 0.1) is 33.4 Å². The molecule has 5 nitrogen and oxygen atoms in total. The van der Waals surface area contributed by atoms with E-state index >= 15 is 0 Å². The zero-order valence-corrected chi connectivity index (χ0v) is 29.6. The smallest absolute Gasteiger partial charge is 0.101 e. The van der Waals surface area contributed by atoms with Crippen LogP contribution in [-0.4, -0.2) is 24.7 Å². The highest BCUT2D eigenvalue weighted by Crippen LogP contribution is 2.42. The number of nitrogens with zero attached hydrogens (tertiary/aromatic N) is 5. The van der Waals surface area contributed by atoms with E-state index in [1.807, 2.05) is 30.6 Å². The van der Waals surface area contributed by atoms with E-state index in [1.54, 1.807) is 0 Å². The number of aromatic nitrogens is 5. The van der Waals surface area contributed by atoms with Gasteiger partial charge in [-0.1, -0.05) is 140 Å². The molecule has 0 aliphatic heterocycles. The van der Waals surface area contributed by atoms with Crippen molar-refractivity contribution in [3.8, 4) is 50.5 Å². The molecule has 11 aromatic rings. The first-order chi connectivity index (χ1) is 27.3. The molecule has 4 aromatic heterocycles. The van der Waals surface area contributed by atoms with Gasteiger partial charge in [-0.05, 0) is 58.5 Å². The number of hydrogen-bond acceptors (Lipinski definition) is 4. The average Bonchev–Trinajstić information content (AvgIpc) is 3.67. The number of benzene rings is 7. The molecule has 55 heavy (non-hydrogen) atoms. The van der Waals surface area contributed by atoms with E-state index in [0.29, 0.717) is 0 Å². The molecule has 0 bridgehead atoms. The van der Waals surface area contributed by atoms with Gasteiger partial charge in [0.2, 0.25) is 0 Å². The largest absolute Gasteiger partial charge is 0.256 e. The van der Waals surface area contributed by atoms with E-state index in [1.165, 1.54) is 10.8 Å². The van der Waals surface area contributed by atoms with Crippen LogP contribution in [0.15, 0.2) is 188 Å². The van der Waals surface area contributed by atoms with E-state index in [-0.39, 0.29) is 0 Å². The van der Waals surface area contributed by atoms with E-state index in [4.69, 9.17) is 15.1 Å². The normalized spacial score (nSPS) is 11.6. The third-order valence-corrected chi connectivity index (χ3v) is 10.7. The minimum atomic E-state index is 0.899. The maximum absolute atomic E-state index is 5.33. The van der Waals surface area contributed by atoms with Crippen LogP contribution in [0.2, 0.25) is 0 Å². The summed E-state index contributed by atoms with van der Waals surface area (Å²) in [6.45, 7) is 0. The first-order valence-corrected chi connectivity index (χ1v) is 18.5. The van der Waals surface area contributed by atoms with Crippen molar-refractivity contribution in [3.63, 3.8) is 0 Å². The third kappa shape index (κ3) is 5.09. The van der Waals surface area contributed by atoms with Crippen molar-refractivity contribution in [3.05, 3.63) is 188 Å². The van der Waals surface area contributed by atoms with Gasteiger partial charge in [0.15, 0.2) is 0 Å². The predicted molar refractivity (Wildman–Crippen MR) is 226 cm³/mol. The maximum atomic E-state index is 5.33. The summed E-state index contributed by atoms with van der Waals surface area (Å²) in [6, 6.07) is 61.8. The summed E-state index contributed by atoms with van der Waals surface area (Å²) in [5.41, 5.74) is 13.3. The van der Waals surface area contributed by atoms with Crippen LogP contribution in [0.25, 0.3) is 105 Å². The van der Waals surface area contributed by atoms with Crippen molar-refractivity contribution >= 4 is 54.4 Å². The molecule has 0 N–H and O–H groups in total. The van der Waals surface area contributed by atoms with Crippen molar-refractivity contribution in [2.75, 3.05) is 0 Å². The van der Waals surface area contributed by atoms with Crippen LogP contribution in [0.1, 0.15) is 0 Å². The van der Waals surface area contributed by atoms with Gasteiger partial charge >= 0.3 is 0 Å². The molecular weight excluding hydrogens is 671 g/mol. The third-order valence-electron chi connectivity index (χ3n) is 10.7. The molecule has 0 fully saturated rings. The summed E-state index contributed by atoms with van der Waals surface area (Å²) in [7, 11) is 0. The van der Waals surface area contributed by atoms with E-state index in [2.05, 4.69) is 167 Å². The quantitative estimate of drug-likeness (QED) is 0.168. The number of rotatable bonds is 5. The lowest BCUT2D eigenvalue weighted by atomic mass is 9.92. The van der Waals surface area contributed by atoms with Crippen LogP contribution in [0.3, 0.4) is 0 Å². The minimum absolute atomic E-state index is 0.899. The molecular formula is C50H31N5. The van der Waals surface area contributed by atoms with Crippen LogP contribution in [-0.2, 0) is 0 Å². The van der Waals surface area contributed by atoms with Crippen LogP contribution in [0.5, 0.6) is 0 Å². The monoisotopic (exact) mass is 701 g/mol. The summed E-state index contributed by atoms with van der Waals surface area (Å²) in [5, 5.41) is 12.0. The van der Waals surface area contributed by atoms with Gasteiger partial charge in [-0.25, -0.2) is 9.67 Å². The highest BCUT2D eigenvalue weighted by Gasteiger charge is 2.21. The SMILES string of the molecule is c1ccc(-c2nn(-c3ccccc3)c3c2c(-c2ccc(-c4ccc(-c5ccc6ccc7cccnc7c6n5)c5cccnc45)cc2)cc2ccccc23)cc1. The molecule has 256 valence electrons. The molecule has 4 heterocycles. The first kappa shape index (κ1) is 31.1. The summed E-state index contributed by atoms with van der Waals surface area (Å²) in [4.78, 5) is 14.8. The van der Waals surface area contributed by atoms with Crippen molar-refractivity contribution in [1.29, 1.82) is 0 Å².